The number of nitrogens with zero attached hydrogens (tertiary/aromatic N) is 2. The molecule has 122 valence electrons. The van der Waals surface area contributed by atoms with Gasteiger partial charge in [0.15, 0.2) is 0 Å². The Hall–Kier alpha value is -1.95. The van der Waals surface area contributed by atoms with E-state index in [1.807, 2.05) is 0 Å². The highest BCUT2D eigenvalue weighted by atomic mass is 127. The summed E-state index contributed by atoms with van der Waals surface area (Å²) in [7, 11) is 0. The maximum atomic E-state index is 13.7. The largest absolute Gasteiger partial charge is 0.318 e. The number of para-hydroxylation sites is 1. The van der Waals surface area contributed by atoms with Crippen molar-refractivity contribution in [2.75, 3.05) is 0 Å². The van der Waals surface area contributed by atoms with Crippen molar-refractivity contribution >= 4 is 34.5 Å². The number of rotatable bonds is 3. The molecule has 2 aromatic carbocycles. The van der Waals surface area contributed by atoms with E-state index in [-0.39, 0.29) is 5.82 Å². The van der Waals surface area contributed by atoms with Crippen LogP contribution in [0.3, 0.4) is 0 Å². The fourth-order valence-corrected chi connectivity index (χ4v) is 3.11. The number of hydrogen-bond donors (Lipinski definition) is 0. The summed E-state index contributed by atoms with van der Waals surface area (Å²) in [5.41, 5.74) is 5.95. The molecule has 0 atom stereocenters. The molecule has 0 fully saturated rings. The Labute approximate surface area is 155 Å². The molecule has 4 heteroatoms. The molecule has 0 amide bonds. The van der Waals surface area contributed by atoms with Gasteiger partial charge in [-0.3, -0.25) is 4.99 Å². The van der Waals surface area contributed by atoms with Gasteiger partial charge in [-0.25, -0.2) is 4.39 Å². The summed E-state index contributed by atoms with van der Waals surface area (Å²) in [5.74, 6) is -0.309. The Balaban J connectivity index is 2.00. The molecule has 3 rings (SSSR count). The molecule has 24 heavy (non-hydrogen) atoms. The SMILES string of the molecule is Cc1cc(-n2c(C)cc(C=Nc3ccccc3F)c2C)ccc1I. The predicted molar refractivity (Wildman–Crippen MR) is 106 cm³/mol. The van der Waals surface area contributed by atoms with Gasteiger partial charge in [-0.2, -0.15) is 0 Å². The topological polar surface area (TPSA) is 17.3 Å². The van der Waals surface area contributed by atoms with E-state index >= 15 is 0 Å². The van der Waals surface area contributed by atoms with Gasteiger partial charge in [0.25, 0.3) is 0 Å². The first-order chi connectivity index (χ1) is 11.5. The fraction of sp³-hybridized carbons (Fsp3) is 0.150. The number of benzene rings is 2. The van der Waals surface area contributed by atoms with E-state index < -0.39 is 0 Å². The van der Waals surface area contributed by atoms with Crippen LogP contribution in [0.25, 0.3) is 5.69 Å². The zero-order valence-electron chi connectivity index (χ0n) is 13.8. The van der Waals surface area contributed by atoms with Gasteiger partial charge in [-0.15, -0.1) is 0 Å². The lowest BCUT2D eigenvalue weighted by molar-refractivity contribution is 0.630. The van der Waals surface area contributed by atoms with Crippen LogP contribution in [0.4, 0.5) is 10.1 Å². The second kappa shape index (κ2) is 6.89. The number of aromatic nitrogens is 1. The third-order valence-electron chi connectivity index (χ3n) is 4.07. The highest BCUT2D eigenvalue weighted by molar-refractivity contribution is 14.1. The average molecular weight is 432 g/mol. The van der Waals surface area contributed by atoms with Gasteiger partial charge in [0, 0.05) is 32.4 Å². The smallest absolute Gasteiger partial charge is 0.148 e. The van der Waals surface area contributed by atoms with E-state index in [4.69, 9.17) is 0 Å². The minimum absolute atomic E-state index is 0.309. The summed E-state index contributed by atoms with van der Waals surface area (Å²) in [4.78, 5) is 4.30. The van der Waals surface area contributed by atoms with Crippen LogP contribution in [0.1, 0.15) is 22.5 Å². The van der Waals surface area contributed by atoms with Crippen LogP contribution in [-0.2, 0) is 0 Å². The molecule has 0 radical (unpaired) electrons. The van der Waals surface area contributed by atoms with Gasteiger partial charge >= 0.3 is 0 Å². The molecular weight excluding hydrogens is 414 g/mol. The number of halogens is 2. The van der Waals surface area contributed by atoms with Crippen LogP contribution in [0.5, 0.6) is 0 Å². The quantitative estimate of drug-likeness (QED) is 0.363. The monoisotopic (exact) mass is 432 g/mol. The number of aliphatic imine (C=N–C) groups is 1. The first kappa shape index (κ1) is 16.9. The lowest BCUT2D eigenvalue weighted by atomic mass is 10.2. The molecule has 1 aromatic heterocycles. The molecule has 0 saturated heterocycles. The first-order valence-corrected chi connectivity index (χ1v) is 8.79. The summed E-state index contributed by atoms with van der Waals surface area (Å²) in [5, 5.41) is 0. The van der Waals surface area contributed by atoms with Crippen LogP contribution in [0, 0.1) is 30.2 Å². The van der Waals surface area contributed by atoms with E-state index in [1.54, 1.807) is 24.4 Å². The van der Waals surface area contributed by atoms with Gasteiger partial charge < -0.3 is 4.57 Å². The Kier molecular flexibility index (Phi) is 4.85. The first-order valence-electron chi connectivity index (χ1n) is 7.71. The summed E-state index contributed by atoms with van der Waals surface area (Å²) in [6.07, 6.45) is 1.73. The summed E-state index contributed by atoms with van der Waals surface area (Å²) in [6, 6.07) is 15.0. The third-order valence-corrected chi connectivity index (χ3v) is 5.28. The van der Waals surface area contributed by atoms with Gasteiger partial charge in [-0.05, 0) is 85.3 Å². The molecule has 1 heterocycles. The molecular formula is C20H18FIN2. The van der Waals surface area contributed by atoms with Gasteiger partial charge in [0.05, 0.1) is 5.69 Å². The van der Waals surface area contributed by atoms with E-state index in [1.165, 1.54) is 15.2 Å². The van der Waals surface area contributed by atoms with E-state index in [0.717, 1.165) is 22.6 Å². The van der Waals surface area contributed by atoms with Crippen molar-refractivity contribution in [1.82, 2.24) is 4.57 Å². The van der Waals surface area contributed by atoms with Crippen molar-refractivity contribution in [3.63, 3.8) is 0 Å². The molecule has 2 nitrogen and oxygen atoms in total. The molecule has 0 aliphatic heterocycles. The van der Waals surface area contributed by atoms with Crippen LogP contribution in [0.2, 0.25) is 0 Å². The maximum Gasteiger partial charge on any atom is 0.148 e. The van der Waals surface area contributed by atoms with E-state index in [2.05, 4.69) is 77.2 Å². The summed E-state index contributed by atoms with van der Waals surface area (Å²) in [6.45, 7) is 6.24. The molecule has 3 aromatic rings. The van der Waals surface area contributed by atoms with Crippen molar-refractivity contribution < 1.29 is 4.39 Å². The summed E-state index contributed by atoms with van der Waals surface area (Å²) < 4.78 is 17.2. The lowest BCUT2D eigenvalue weighted by Gasteiger charge is -2.11. The maximum absolute atomic E-state index is 13.7. The normalized spacial score (nSPS) is 11.4. The molecule has 0 unspecified atom stereocenters. The Morgan fingerprint density at radius 2 is 1.79 bits per heavy atom. The number of aryl methyl sites for hydroxylation is 2. The average Bonchev–Trinajstić information content (AvgIpc) is 2.83. The highest BCUT2D eigenvalue weighted by Crippen LogP contribution is 2.23. The zero-order chi connectivity index (χ0) is 17.3. The molecule has 0 N–H and O–H groups in total. The Morgan fingerprint density at radius 3 is 2.50 bits per heavy atom. The van der Waals surface area contributed by atoms with Crippen molar-refractivity contribution in [3.05, 3.63) is 80.4 Å². The predicted octanol–water partition coefficient (Wildman–Crippen LogP) is 5.90. The lowest BCUT2D eigenvalue weighted by Crippen LogP contribution is -2.00. The van der Waals surface area contributed by atoms with Crippen LogP contribution in [-0.4, -0.2) is 10.8 Å². The van der Waals surface area contributed by atoms with E-state index in [0.29, 0.717) is 5.69 Å². The minimum atomic E-state index is -0.309. The standard InChI is InChI=1S/C20H18FIN2/c1-13-10-17(8-9-19(13)22)24-14(2)11-16(15(24)3)12-23-20-7-5-4-6-18(20)21/h4-12H,1-3H3. The van der Waals surface area contributed by atoms with Crippen molar-refractivity contribution in [2.45, 2.75) is 20.8 Å². The van der Waals surface area contributed by atoms with Gasteiger partial charge in [0.2, 0.25) is 0 Å². The van der Waals surface area contributed by atoms with Crippen LogP contribution >= 0.6 is 22.6 Å². The second-order valence-corrected chi connectivity index (χ2v) is 6.97. The molecule has 0 saturated carbocycles. The molecule has 0 aliphatic rings. The molecule has 0 spiro atoms. The zero-order valence-corrected chi connectivity index (χ0v) is 16.0. The van der Waals surface area contributed by atoms with Crippen LogP contribution < -0.4 is 0 Å². The van der Waals surface area contributed by atoms with E-state index in [9.17, 15) is 4.39 Å². The molecule has 0 bridgehead atoms. The van der Waals surface area contributed by atoms with Gasteiger partial charge in [-0.1, -0.05) is 12.1 Å². The Morgan fingerprint density at radius 1 is 1.04 bits per heavy atom. The summed E-state index contributed by atoms with van der Waals surface area (Å²) >= 11 is 2.34. The number of hydrogen-bond acceptors (Lipinski definition) is 1. The Bertz CT molecular complexity index is 925. The molecule has 0 aliphatic carbocycles. The van der Waals surface area contributed by atoms with Gasteiger partial charge in [0.1, 0.15) is 5.82 Å². The third kappa shape index (κ3) is 3.29. The fourth-order valence-electron chi connectivity index (χ4n) is 2.78. The minimum Gasteiger partial charge on any atom is -0.318 e. The van der Waals surface area contributed by atoms with Crippen molar-refractivity contribution in [3.8, 4) is 5.69 Å². The second-order valence-electron chi connectivity index (χ2n) is 5.80. The van der Waals surface area contributed by atoms with Crippen molar-refractivity contribution in [2.24, 2.45) is 4.99 Å². The highest BCUT2D eigenvalue weighted by Gasteiger charge is 2.10. The van der Waals surface area contributed by atoms with Crippen LogP contribution in [0.15, 0.2) is 53.5 Å². The van der Waals surface area contributed by atoms with Crippen molar-refractivity contribution in [1.29, 1.82) is 0 Å².